The summed E-state index contributed by atoms with van der Waals surface area (Å²) in [5.41, 5.74) is 1.66. The van der Waals surface area contributed by atoms with E-state index < -0.39 is 11.9 Å². The van der Waals surface area contributed by atoms with Crippen LogP contribution in [0.5, 0.6) is 0 Å². The smallest absolute Gasteiger partial charge is 0.306 e. The van der Waals surface area contributed by atoms with E-state index in [2.05, 4.69) is 10.6 Å². The fourth-order valence-corrected chi connectivity index (χ4v) is 3.07. The van der Waals surface area contributed by atoms with Crippen molar-refractivity contribution in [3.63, 3.8) is 0 Å². The van der Waals surface area contributed by atoms with E-state index in [1.807, 2.05) is 37.3 Å². The molecule has 0 bridgehead atoms. The molecule has 2 aromatic rings. The summed E-state index contributed by atoms with van der Waals surface area (Å²) in [4.78, 5) is 38.5. The molecule has 0 aromatic heterocycles. The number of nitrogens with one attached hydrogen (secondary N) is 2. The number of esters is 1. The van der Waals surface area contributed by atoms with Gasteiger partial charge >= 0.3 is 5.97 Å². The number of methoxy groups -OCH3 is 1. The molecular weight excluding hydrogens is 430 g/mol. The SMILES string of the molecule is CCN(C(=O)c1ccccc1NC(=S)NC(=O)CCC(=O)OCCOC)c1ccccc1. The number of ether oxygens (including phenoxy) is 2. The minimum Gasteiger partial charge on any atom is -0.463 e. The van der Waals surface area contributed by atoms with Gasteiger partial charge in [-0.15, -0.1) is 0 Å². The molecule has 0 aliphatic rings. The zero-order valence-corrected chi connectivity index (χ0v) is 18.9. The second-order valence-corrected chi connectivity index (χ2v) is 7.05. The summed E-state index contributed by atoms with van der Waals surface area (Å²) in [5, 5.41) is 5.45. The van der Waals surface area contributed by atoms with Crippen molar-refractivity contribution in [2.45, 2.75) is 19.8 Å². The van der Waals surface area contributed by atoms with Gasteiger partial charge in [0.05, 0.1) is 24.3 Å². The summed E-state index contributed by atoms with van der Waals surface area (Å²) in [6.07, 6.45) is -0.151. The maximum Gasteiger partial charge on any atom is 0.306 e. The number of carbonyl (C=O) groups excluding carboxylic acids is 3. The minimum absolute atomic E-state index is 0.0331. The van der Waals surface area contributed by atoms with Crippen molar-refractivity contribution < 1.29 is 23.9 Å². The maximum atomic E-state index is 13.2. The van der Waals surface area contributed by atoms with Crippen molar-refractivity contribution >= 4 is 46.5 Å². The number of hydrogen-bond donors (Lipinski definition) is 2. The van der Waals surface area contributed by atoms with Gasteiger partial charge in [-0.1, -0.05) is 30.3 Å². The van der Waals surface area contributed by atoms with Crippen LogP contribution in [-0.4, -0.2) is 49.8 Å². The number of rotatable bonds is 10. The van der Waals surface area contributed by atoms with Crippen LogP contribution in [0.3, 0.4) is 0 Å². The highest BCUT2D eigenvalue weighted by Gasteiger charge is 2.19. The first-order valence-electron chi connectivity index (χ1n) is 10.2. The van der Waals surface area contributed by atoms with Crippen LogP contribution in [0.15, 0.2) is 54.6 Å². The molecule has 2 N–H and O–H groups in total. The quantitative estimate of drug-likeness (QED) is 0.321. The van der Waals surface area contributed by atoms with Crippen molar-refractivity contribution in [1.29, 1.82) is 0 Å². The fourth-order valence-electron chi connectivity index (χ4n) is 2.84. The zero-order valence-electron chi connectivity index (χ0n) is 18.1. The van der Waals surface area contributed by atoms with E-state index in [4.69, 9.17) is 21.7 Å². The van der Waals surface area contributed by atoms with Crippen LogP contribution in [0.1, 0.15) is 30.1 Å². The molecule has 0 unspecified atom stereocenters. The predicted octanol–water partition coefficient (Wildman–Crippen LogP) is 3.14. The average molecular weight is 458 g/mol. The summed E-state index contributed by atoms with van der Waals surface area (Å²) in [7, 11) is 1.50. The Bertz CT molecular complexity index is 936. The number of para-hydroxylation sites is 2. The van der Waals surface area contributed by atoms with Crippen LogP contribution in [-0.2, 0) is 19.1 Å². The van der Waals surface area contributed by atoms with Crippen molar-refractivity contribution in [3.8, 4) is 0 Å². The Balaban J connectivity index is 1.97. The highest BCUT2D eigenvalue weighted by Crippen LogP contribution is 2.21. The molecule has 0 spiro atoms. The number of anilines is 2. The monoisotopic (exact) mass is 457 g/mol. The first-order valence-corrected chi connectivity index (χ1v) is 10.6. The molecule has 0 fully saturated rings. The van der Waals surface area contributed by atoms with E-state index >= 15 is 0 Å². The van der Waals surface area contributed by atoms with Gasteiger partial charge in [-0.3, -0.25) is 14.4 Å². The summed E-state index contributed by atoms with van der Waals surface area (Å²) in [6.45, 7) is 2.81. The molecule has 0 aliphatic heterocycles. The normalized spacial score (nSPS) is 10.2. The Morgan fingerprint density at radius 3 is 2.34 bits per heavy atom. The third-order valence-electron chi connectivity index (χ3n) is 4.39. The van der Waals surface area contributed by atoms with Gasteiger partial charge in [0.2, 0.25) is 5.91 Å². The van der Waals surface area contributed by atoms with Gasteiger partial charge < -0.3 is 25.0 Å². The highest BCUT2D eigenvalue weighted by atomic mass is 32.1. The Kier molecular flexibility index (Phi) is 10.3. The Labute approximate surface area is 192 Å². The molecule has 9 heteroatoms. The predicted molar refractivity (Wildman–Crippen MR) is 127 cm³/mol. The van der Waals surface area contributed by atoms with Gasteiger partial charge in [0.1, 0.15) is 6.61 Å². The molecule has 170 valence electrons. The molecule has 0 saturated heterocycles. The third kappa shape index (κ3) is 7.75. The van der Waals surface area contributed by atoms with E-state index in [1.54, 1.807) is 29.2 Å². The molecule has 2 aromatic carbocycles. The molecule has 2 rings (SSSR count). The zero-order chi connectivity index (χ0) is 23.3. The van der Waals surface area contributed by atoms with Crippen LogP contribution in [0.2, 0.25) is 0 Å². The topological polar surface area (TPSA) is 97.0 Å². The van der Waals surface area contributed by atoms with Crippen molar-refractivity contribution in [3.05, 3.63) is 60.2 Å². The first-order chi connectivity index (χ1) is 15.5. The van der Waals surface area contributed by atoms with Crippen molar-refractivity contribution in [2.75, 3.05) is 37.1 Å². The Hall–Kier alpha value is -3.30. The van der Waals surface area contributed by atoms with E-state index in [1.165, 1.54) is 7.11 Å². The molecule has 2 amide bonds. The van der Waals surface area contributed by atoms with E-state index in [9.17, 15) is 14.4 Å². The van der Waals surface area contributed by atoms with E-state index in [0.717, 1.165) is 5.69 Å². The number of nitrogens with zero attached hydrogens (tertiary/aromatic N) is 1. The Morgan fingerprint density at radius 1 is 0.969 bits per heavy atom. The van der Waals surface area contributed by atoms with Crippen LogP contribution < -0.4 is 15.5 Å². The van der Waals surface area contributed by atoms with Crippen LogP contribution >= 0.6 is 12.2 Å². The number of hydrogen-bond acceptors (Lipinski definition) is 6. The minimum atomic E-state index is -0.493. The lowest BCUT2D eigenvalue weighted by Gasteiger charge is -2.22. The van der Waals surface area contributed by atoms with Crippen LogP contribution in [0.4, 0.5) is 11.4 Å². The van der Waals surface area contributed by atoms with Gasteiger partial charge in [0.15, 0.2) is 5.11 Å². The Morgan fingerprint density at radius 2 is 1.66 bits per heavy atom. The lowest BCUT2D eigenvalue weighted by atomic mass is 10.1. The molecular formula is C23H27N3O5S. The molecule has 0 aliphatic carbocycles. The molecule has 0 atom stereocenters. The van der Waals surface area contributed by atoms with Crippen molar-refractivity contribution in [1.82, 2.24) is 5.32 Å². The lowest BCUT2D eigenvalue weighted by molar-refractivity contribution is -0.146. The van der Waals surface area contributed by atoms with E-state index in [-0.39, 0.29) is 30.5 Å². The highest BCUT2D eigenvalue weighted by molar-refractivity contribution is 7.80. The molecule has 0 saturated carbocycles. The lowest BCUT2D eigenvalue weighted by Crippen LogP contribution is -2.36. The van der Waals surface area contributed by atoms with Crippen molar-refractivity contribution in [2.24, 2.45) is 0 Å². The van der Waals surface area contributed by atoms with Gasteiger partial charge in [-0.2, -0.15) is 0 Å². The molecule has 0 radical (unpaired) electrons. The van der Waals surface area contributed by atoms with Gasteiger partial charge in [-0.25, -0.2) is 0 Å². The summed E-state index contributed by atoms with van der Waals surface area (Å²) in [5.74, 6) is -1.13. The first kappa shape index (κ1) is 25.0. The maximum absolute atomic E-state index is 13.2. The third-order valence-corrected chi connectivity index (χ3v) is 4.60. The standard InChI is InChI=1S/C23H27N3O5S/c1-3-26(17-9-5-4-6-10-17)22(29)18-11-7-8-12-19(18)24-23(32)25-20(27)13-14-21(28)31-16-15-30-2/h4-12H,3,13-16H2,1-2H3,(H2,24,25,27,32). The molecule has 0 heterocycles. The number of benzene rings is 2. The van der Waals surface area contributed by atoms with Crippen LogP contribution in [0, 0.1) is 0 Å². The summed E-state index contributed by atoms with van der Waals surface area (Å²) >= 11 is 5.21. The van der Waals surface area contributed by atoms with E-state index in [0.29, 0.717) is 24.4 Å². The fraction of sp³-hybridized carbons (Fsp3) is 0.304. The largest absolute Gasteiger partial charge is 0.463 e. The molecule has 32 heavy (non-hydrogen) atoms. The van der Waals surface area contributed by atoms with Gasteiger partial charge in [0, 0.05) is 25.8 Å². The molecule has 8 nitrogen and oxygen atoms in total. The van der Waals surface area contributed by atoms with Crippen LogP contribution in [0.25, 0.3) is 0 Å². The van der Waals surface area contributed by atoms with Gasteiger partial charge in [0.25, 0.3) is 5.91 Å². The number of carbonyl (C=O) groups is 3. The van der Waals surface area contributed by atoms with Gasteiger partial charge in [-0.05, 0) is 43.4 Å². The summed E-state index contributed by atoms with van der Waals surface area (Å²) in [6, 6.07) is 16.3. The second kappa shape index (κ2) is 13.2. The summed E-state index contributed by atoms with van der Waals surface area (Å²) < 4.78 is 9.70. The average Bonchev–Trinajstić information content (AvgIpc) is 2.79. The number of amides is 2. The number of thiocarbonyl (C=S) groups is 1. The second-order valence-electron chi connectivity index (χ2n) is 6.65.